The van der Waals surface area contributed by atoms with E-state index in [-0.39, 0.29) is 6.42 Å². The van der Waals surface area contributed by atoms with Gasteiger partial charge in [0.15, 0.2) is 0 Å². The van der Waals surface area contributed by atoms with Crippen molar-refractivity contribution < 1.29 is 9.90 Å². The van der Waals surface area contributed by atoms with Crippen LogP contribution in [-0.2, 0) is 17.8 Å². The first-order valence-corrected chi connectivity index (χ1v) is 8.90. The number of aliphatic carboxylic acids is 1. The number of unbranched alkanes of at least 4 members (excludes halogenated alkanes) is 4. The van der Waals surface area contributed by atoms with E-state index in [0.29, 0.717) is 0 Å². The van der Waals surface area contributed by atoms with Gasteiger partial charge in [0.2, 0.25) is 0 Å². The van der Waals surface area contributed by atoms with Crippen LogP contribution < -0.4 is 0 Å². The van der Waals surface area contributed by atoms with E-state index in [1.807, 2.05) is 10.9 Å². The van der Waals surface area contributed by atoms with Gasteiger partial charge in [0.05, 0.1) is 6.20 Å². The van der Waals surface area contributed by atoms with Crippen molar-refractivity contribution in [2.24, 2.45) is 0 Å². The molecule has 2 rings (SSSR count). The minimum atomic E-state index is -0.726. The van der Waals surface area contributed by atoms with Crippen molar-refractivity contribution in [2.45, 2.75) is 64.8 Å². The van der Waals surface area contributed by atoms with Gasteiger partial charge in [-0.1, -0.05) is 55.7 Å². The molecule has 0 aliphatic heterocycles. The van der Waals surface area contributed by atoms with Crippen molar-refractivity contribution in [2.75, 3.05) is 0 Å². The fourth-order valence-electron chi connectivity index (χ4n) is 2.69. The van der Waals surface area contributed by atoms with Gasteiger partial charge in [0.25, 0.3) is 0 Å². The van der Waals surface area contributed by atoms with Crippen molar-refractivity contribution >= 4 is 5.97 Å². The van der Waals surface area contributed by atoms with E-state index in [0.717, 1.165) is 43.5 Å². The van der Waals surface area contributed by atoms with Crippen LogP contribution in [0.5, 0.6) is 0 Å². The molecular formula is C19H27N3O2. The van der Waals surface area contributed by atoms with Crippen molar-refractivity contribution in [3.63, 3.8) is 0 Å². The van der Waals surface area contributed by atoms with Crippen molar-refractivity contribution in [3.8, 4) is 11.3 Å². The molecular weight excluding hydrogens is 302 g/mol. The summed E-state index contributed by atoms with van der Waals surface area (Å²) in [6.45, 7) is 3.00. The molecule has 5 nitrogen and oxygen atoms in total. The highest BCUT2D eigenvalue weighted by Gasteiger charge is 2.04. The molecule has 2 aromatic rings. The van der Waals surface area contributed by atoms with Crippen LogP contribution in [0.2, 0.25) is 0 Å². The highest BCUT2D eigenvalue weighted by atomic mass is 16.4. The third-order valence-corrected chi connectivity index (χ3v) is 4.14. The van der Waals surface area contributed by atoms with E-state index in [1.165, 1.54) is 24.8 Å². The summed E-state index contributed by atoms with van der Waals surface area (Å²) in [5.74, 6) is -0.726. The second-order valence-electron chi connectivity index (χ2n) is 6.23. The molecule has 1 aromatic carbocycles. The summed E-state index contributed by atoms with van der Waals surface area (Å²) in [5, 5.41) is 17.0. The van der Waals surface area contributed by atoms with Gasteiger partial charge in [-0.15, -0.1) is 5.10 Å². The maximum Gasteiger partial charge on any atom is 0.303 e. The number of nitrogens with zero attached hydrogens (tertiary/aromatic N) is 3. The van der Waals surface area contributed by atoms with Gasteiger partial charge in [-0.3, -0.25) is 9.48 Å². The molecule has 0 radical (unpaired) electrons. The summed E-state index contributed by atoms with van der Waals surface area (Å²) in [4.78, 5) is 10.5. The third kappa shape index (κ3) is 6.14. The maximum atomic E-state index is 10.5. The summed E-state index contributed by atoms with van der Waals surface area (Å²) in [7, 11) is 0. The van der Waals surface area contributed by atoms with Gasteiger partial charge in [0, 0.05) is 18.5 Å². The Balaban J connectivity index is 1.80. The smallest absolute Gasteiger partial charge is 0.303 e. The van der Waals surface area contributed by atoms with Crippen molar-refractivity contribution in [1.82, 2.24) is 15.0 Å². The van der Waals surface area contributed by atoms with Crippen LogP contribution in [0, 0.1) is 0 Å². The highest BCUT2D eigenvalue weighted by molar-refractivity contribution is 5.66. The molecule has 1 N–H and O–H groups in total. The second kappa shape index (κ2) is 9.85. The van der Waals surface area contributed by atoms with Crippen LogP contribution in [0.1, 0.15) is 57.4 Å². The van der Waals surface area contributed by atoms with Gasteiger partial charge in [-0.2, -0.15) is 0 Å². The lowest BCUT2D eigenvalue weighted by Gasteiger charge is -2.02. The minimum Gasteiger partial charge on any atom is -0.481 e. The Morgan fingerprint density at radius 3 is 2.58 bits per heavy atom. The number of rotatable bonds is 11. The summed E-state index contributed by atoms with van der Waals surface area (Å²) < 4.78 is 1.84. The fourth-order valence-corrected chi connectivity index (χ4v) is 2.69. The summed E-state index contributed by atoms with van der Waals surface area (Å²) >= 11 is 0. The second-order valence-corrected chi connectivity index (χ2v) is 6.23. The standard InChI is InChI=1S/C19H27N3O2/c1-2-3-5-8-16-10-12-17(13-11-16)18-15-22(21-20-18)14-7-4-6-9-19(23)24/h10-13,15H,2-9,14H2,1H3,(H,23,24). The molecule has 1 heterocycles. The molecule has 0 saturated carbocycles. The average molecular weight is 329 g/mol. The molecule has 0 atom stereocenters. The van der Waals surface area contributed by atoms with Gasteiger partial charge in [0.1, 0.15) is 5.69 Å². The van der Waals surface area contributed by atoms with Gasteiger partial charge in [-0.25, -0.2) is 0 Å². The first kappa shape index (κ1) is 18.2. The predicted molar refractivity (Wildman–Crippen MR) is 94.8 cm³/mol. The van der Waals surface area contributed by atoms with Crippen molar-refractivity contribution in [3.05, 3.63) is 36.0 Å². The van der Waals surface area contributed by atoms with E-state index >= 15 is 0 Å². The predicted octanol–water partition coefficient (Wildman–Crippen LogP) is 4.32. The first-order valence-electron chi connectivity index (χ1n) is 8.90. The fraction of sp³-hybridized carbons (Fsp3) is 0.526. The van der Waals surface area contributed by atoms with E-state index < -0.39 is 5.97 Å². The molecule has 24 heavy (non-hydrogen) atoms. The van der Waals surface area contributed by atoms with Crippen LogP contribution in [0.15, 0.2) is 30.5 Å². The van der Waals surface area contributed by atoms with E-state index in [4.69, 9.17) is 5.11 Å². The quantitative estimate of drug-likeness (QED) is 0.623. The van der Waals surface area contributed by atoms with E-state index in [1.54, 1.807) is 0 Å². The molecule has 0 spiro atoms. The molecule has 0 saturated heterocycles. The minimum absolute atomic E-state index is 0.243. The Morgan fingerprint density at radius 1 is 1.08 bits per heavy atom. The van der Waals surface area contributed by atoms with Crippen LogP contribution >= 0.6 is 0 Å². The van der Waals surface area contributed by atoms with Crippen LogP contribution in [0.4, 0.5) is 0 Å². The summed E-state index contributed by atoms with van der Waals surface area (Å²) in [5.41, 5.74) is 3.35. The number of hydrogen-bond acceptors (Lipinski definition) is 3. The Morgan fingerprint density at radius 2 is 1.88 bits per heavy atom. The zero-order valence-corrected chi connectivity index (χ0v) is 14.4. The average Bonchev–Trinajstić information content (AvgIpc) is 3.04. The Hall–Kier alpha value is -2.17. The van der Waals surface area contributed by atoms with Crippen LogP contribution in [0.3, 0.4) is 0 Å². The maximum absolute atomic E-state index is 10.5. The van der Waals surface area contributed by atoms with Crippen LogP contribution in [0.25, 0.3) is 11.3 Å². The van der Waals surface area contributed by atoms with E-state index in [9.17, 15) is 4.79 Å². The Kier molecular flexibility index (Phi) is 7.46. The molecule has 0 aliphatic rings. The molecule has 0 fully saturated rings. The Bertz CT molecular complexity index is 620. The number of aryl methyl sites for hydroxylation is 2. The lowest BCUT2D eigenvalue weighted by Crippen LogP contribution is -2.00. The largest absolute Gasteiger partial charge is 0.481 e. The molecule has 5 heteroatoms. The number of carbonyl (C=O) groups is 1. The zero-order chi connectivity index (χ0) is 17.2. The topological polar surface area (TPSA) is 68.0 Å². The third-order valence-electron chi connectivity index (χ3n) is 4.14. The lowest BCUT2D eigenvalue weighted by molar-refractivity contribution is -0.137. The number of carboxylic acid groups (broad SMARTS) is 1. The molecule has 0 aliphatic carbocycles. The van der Waals surface area contributed by atoms with Gasteiger partial charge < -0.3 is 5.11 Å². The molecule has 130 valence electrons. The Labute approximate surface area is 143 Å². The monoisotopic (exact) mass is 329 g/mol. The van der Waals surface area contributed by atoms with Gasteiger partial charge >= 0.3 is 5.97 Å². The molecule has 0 bridgehead atoms. The molecule has 0 amide bonds. The summed E-state index contributed by atoms with van der Waals surface area (Å²) in [6.07, 6.45) is 9.65. The lowest BCUT2D eigenvalue weighted by atomic mass is 10.0. The SMILES string of the molecule is CCCCCc1ccc(-c2cn(CCCCCC(=O)O)nn2)cc1. The normalized spacial score (nSPS) is 10.9. The number of hydrogen-bond donors (Lipinski definition) is 1. The molecule has 1 aromatic heterocycles. The van der Waals surface area contributed by atoms with Crippen molar-refractivity contribution in [1.29, 1.82) is 0 Å². The summed E-state index contributed by atoms with van der Waals surface area (Å²) in [6, 6.07) is 8.58. The number of carboxylic acids is 1. The number of aromatic nitrogens is 3. The highest BCUT2D eigenvalue weighted by Crippen LogP contribution is 2.18. The first-order chi connectivity index (χ1) is 11.7. The van der Waals surface area contributed by atoms with Crippen LogP contribution in [-0.4, -0.2) is 26.1 Å². The number of benzene rings is 1. The van der Waals surface area contributed by atoms with E-state index in [2.05, 4.69) is 41.5 Å². The molecule has 0 unspecified atom stereocenters. The van der Waals surface area contributed by atoms with Gasteiger partial charge in [-0.05, 0) is 31.2 Å². The zero-order valence-electron chi connectivity index (χ0n) is 14.4.